The zero-order valence-corrected chi connectivity index (χ0v) is 14.5. The highest BCUT2D eigenvalue weighted by Crippen LogP contribution is 2.33. The number of fused-ring (bicyclic) bond motifs is 1. The van der Waals surface area contributed by atoms with Gasteiger partial charge in [-0.15, -0.1) is 0 Å². The van der Waals surface area contributed by atoms with E-state index in [2.05, 4.69) is 22.0 Å². The van der Waals surface area contributed by atoms with E-state index in [1.807, 2.05) is 23.9 Å². The normalized spacial score (nSPS) is 27.0. The average molecular weight is 340 g/mol. The van der Waals surface area contributed by atoms with Crippen LogP contribution in [0.5, 0.6) is 5.75 Å². The number of anilines is 1. The Bertz CT molecular complexity index is 813. The van der Waals surface area contributed by atoms with Gasteiger partial charge in [0, 0.05) is 31.7 Å². The zero-order valence-electron chi connectivity index (χ0n) is 14.5. The van der Waals surface area contributed by atoms with E-state index in [4.69, 9.17) is 10.5 Å². The predicted octanol–water partition coefficient (Wildman–Crippen LogP) is 2.49. The second-order valence-corrected chi connectivity index (χ2v) is 7.03. The highest BCUT2D eigenvalue weighted by atomic mass is 16.5. The van der Waals surface area contributed by atoms with Crippen LogP contribution in [0, 0.1) is 5.92 Å². The molecule has 2 aromatic heterocycles. The Morgan fingerprint density at radius 1 is 1.36 bits per heavy atom. The standard InChI is InChI=1S/C19H24N4O2/c1-22-11-16(19-15(22)7-8-17(20)21-19)25-18-4-2-3-9-23(18)14-6-5-13(10-14)12-24/h2,4,7-8,11-14,18H,3,5-6,9-10H2,1H3,(H2,20,21). The van der Waals surface area contributed by atoms with Gasteiger partial charge in [-0.3, -0.25) is 4.90 Å². The fourth-order valence-electron chi connectivity index (χ4n) is 4.04. The van der Waals surface area contributed by atoms with Crippen molar-refractivity contribution in [1.82, 2.24) is 14.5 Å². The van der Waals surface area contributed by atoms with Crippen LogP contribution in [0.4, 0.5) is 5.82 Å². The first-order chi connectivity index (χ1) is 12.2. The molecule has 0 radical (unpaired) electrons. The smallest absolute Gasteiger partial charge is 0.172 e. The van der Waals surface area contributed by atoms with Crippen molar-refractivity contribution in [2.45, 2.75) is 38.0 Å². The van der Waals surface area contributed by atoms with Gasteiger partial charge in [0.25, 0.3) is 0 Å². The molecule has 2 aliphatic rings. The van der Waals surface area contributed by atoms with Gasteiger partial charge in [0.2, 0.25) is 0 Å². The van der Waals surface area contributed by atoms with E-state index >= 15 is 0 Å². The van der Waals surface area contributed by atoms with Gasteiger partial charge in [-0.2, -0.15) is 0 Å². The quantitative estimate of drug-likeness (QED) is 0.684. The Balaban J connectivity index is 1.60. The molecule has 1 saturated carbocycles. The van der Waals surface area contributed by atoms with Crippen LogP contribution in [0.25, 0.3) is 11.0 Å². The molecule has 0 amide bonds. The molecule has 4 rings (SSSR count). The van der Waals surface area contributed by atoms with Crippen molar-refractivity contribution < 1.29 is 9.53 Å². The average Bonchev–Trinajstić information content (AvgIpc) is 3.21. The summed E-state index contributed by atoms with van der Waals surface area (Å²) in [5.41, 5.74) is 7.65. The van der Waals surface area contributed by atoms with Crippen molar-refractivity contribution in [3.8, 4) is 5.75 Å². The number of hydrogen-bond acceptors (Lipinski definition) is 5. The lowest BCUT2D eigenvalue weighted by molar-refractivity contribution is -0.111. The lowest BCUT2D eigenvalue weighted by Crippen LogP contribution is -2.46. The van der Waals surface area contributed by atoms with E-state index in [0.717, 1.165) is 55.3 Å². The number of aryl methyl sites for hydroxylation is 1. The minimum absolute atomic E-state index is 0.127. The van der Waals surface area contributed by atoms with Gasteiger partial charge in [0.05, 0.1) is 5.52 Å². The minimum atomic E-state index is -0.127. The molecule has 0 saturated heterocycles. The molecule has 132 valence electrons. The Morgan fingerprint density at radius 2 is 2.24 bits per heavy atom. The highest BCUT2D eigenvalue weighted by Gasteiger charge is 2.34. The number of aldehydes is 1. The third kappa shape index (κ3) is 3.02. The monoisotopic (exact) mass is 340 g/mol. The molecule has 2 aromatic rings. The molecule has 0 aromatic carbocycles. The molecule has 1 aliphatic carbocycles. The molecule has 3 heterocycles. The maximum Gasteiger partial charge on any atom is 0.172 e. The van der Waals surface area contributed by atoms with E-state index < -0.39 is 0 Å². The van der Waals surface area contributed by atoms with Crippen LogP contribution in [0.2, 0.25) is 0 Å². The fourth-order valence-corrected chi connectivity index (χ4v) is 4.04. The van der Waals surface area contributed by atoms with Crippen molar-refractivity contribution in [3.05, 3.63) is 30.5 Å². The maximum absolute atomic E-state index is 11.1. The van der Waals surface area contributed by atoms with Crippen molar-refractivity contribution in [1.29, 1.82) is 0 Å². The lowest BCUT2D eigenvalue weighted by Gasteiger charge is -2.36. The molecule has 3 unspecified atom stereocenters. The Hall–Kier alpha value is -2.34. The van der Waals surface area contributed by atoms with Crippen LogP contribution in [0.15, 0.2) is 30.5 Å². The summed E-state index contributed by atoms with van der Waals surface area (Å²) < 4.78 is 8.36. The van der Waals surface area contributed by atoms with Crippen LogP contribution in [-0.2, 0) is 11.8 Å². The fraction of sp³-hybridized carbons (Fsp3) is 0.474. The number of nitrogens with zero attached hydrogens (tertiary/aromatic N) is 3. The van der Waals surface area contributed by atoms with Crippen LogP contribution < -0.4 is 10.5 Å². The Morgan fingerprint density at radius 3 is 3.04 bits per heavy atom. The van der Waals surface area contributed by atoms with Crippen LogP contribution in [0.3, 0.4) is 0 Å². The first kappa shape index (κ1) is 16.1. The van der Waals surface area contributed by atoms with Crippen LogP contribution in [-0.4, -0.2) is 39.6 Å². The second kappa shape index (κ2) is 6.52. The Kier molecular flexibility index (Phi) is 4.21. The minimum Gasteiger partial charge on any atom is -0.468 e. The summed E-state index contributed by atoms with van der Waals surface area (Å²) >= 11 is 0. The molecule has 25 heavy (non-hydrogen) atoms. The number of carbonyl (C=O) groups excluding carboxylic acids is 1. The van der Waals surface area contributed by atoms with Gasteiger partial charge in [-0.05, 0) is 43.9 Å². The van der Waals surface area contributed by atoms with Crippen molar-refractivity contribution >= 4 is 23.1 Å². The maximum atomic E-state index is 11.1. The number of nitrogens with two attached hydrogens (primary N) is 1. The zero-order chi connectivity index (χ0) is 17.4. The second-order valence-electron chi connectivity index (χ2n) is 7.03. The van der Waals surface area contributed by atoms with Crippen LogP contribution >= 0.6 is 0 Å². The molecule has 6 heteroatoms. The summed E-state index contributed by atoms with van der Waals surface area (Å²) in [7, 11) is 1.98. The molecule has 6 nitrogen and oxygen atoms in total. The summed E-state index contributed by atoms with van der Waals surface area (Å²) in [5.74, 6) is 1.43. The summed E-state index contributed by atoms with van der Waals surface area (Å²) in [4.78, 5) is 17.9. The lowest BCUT2D eigenvalue weighted by atomic mass is 10.1. The molecule has 3 atom stereocenters. The number of rotatable bonds is 4. The summed E-state index contributed by atoms with van der Waals surface area (Å²) in [6.07, 6.45) is 11.2. The Labute approximate surface area is 147 Å². The highest BCUT2D eigenvalue weighted by molar-refractivity contribution is 5.84. The molecule has 0 spiro atoms. The molecule has 0 bridgehead atoms. The predicted molar refractivity (Wildman–Crippen MR) is 97.2 cm³/mol. The molecule has 2 N–H and O–H groups in total. The van der Waals surface area contributed by atoms with Crippen LogP contribution in [0.1, 0.15) is 25.7 Å². The van der Waals surface area contributed by atoms with E-state index in [-0.39, 0.29) is 12.1 Å². The third-order valence-corrected chi connectivity index (χ3v) is 5.36. The largest absolute Gasteiger partial charge is 0.468 e. The van der Waals surface area contributed by atoms with Crippen molar-refractivity contribution in [2.24, 2.45) is 13.0 Å². The summed E-state index contributed by atoms with van der Waals surface area (Å²) in [6.45, 7) is 0.956. The third-order valence-electron chi connectivity index (χ3n) is 5.36. The number of aromatic nitrogens is 2. The molecular formula is C19H24N4O2. The van der Waals surface area contributed by atoms with Gasteiger partial charge in [-0.25, -0.2) is 4.98 Å². The van der Waals surface area contributed by atoms with E-state index in [0.29, 0.717) is 11.9 Å². The number of hydrogen-bond donors (Lipinski definition) is 1. The number of ether oxygens (including phenoxy) is 1. The number of pyridine rings is 1. The molecular weight excluding hydrogens is 316 g/mol. The van der Waals surface area contributed by atoms with E-state index in [1.54, 1.807) is 6.07 Å². The first-order valence-electron chi connectivity index (χ1n) is 8.91. The summed E-state index contributed by atoms with van der Waals surface area (Å²) in [6, 6.07) is 4.17. The first-order valence-corrected chi connectivity index (χ1v) is 8.91. The van der Waals surface area contributed by atoms with Crippen molar-refractivity contribution in [3.63, 3.8) is 0 Å². The van der Waals surface area contributed by atoms with Gasteiger partial charge < -0.3 is 19.8 Å². The topological polar surface area (TPSA) is 73.4 Å². The molecule has 1 aliphatic heterocycles. The molecule has 1 fully saturated rings. The van der Waals surface area contributed by atoms with E-state index in [1.165, 1.54) is 0 Å². The van der Waals surface area contributed by atoms with Gasteiger partial charge in [0.1, 0.15) is 17.6 Å². The number of carbonyl (C=O) groups is 1. The number of nitrogen functional groups attached to an aromatic ring is 1. The summed E-state index contributed by atoms with van der Waals surface area (Å²) in [5, 5.41) is 0. The van der Waals surface area contributed by atoms with Gasteiger partial charge in [0.15, 0.2) is 12.0 Å². The van der Waals surface area contributed by atoms with Crippen molar-refractivity contribution in [2.75, 3.05) is 12.3 Å². The van der Waals surface area contributed by atoms with E-state index in [9.17, 15) is 4.79 Å². The van der Waals surface area contributed by atoms with Gasteiger partial charge in [-0.1, -0.05) is 6.08 Å². The van der Waals surface area contributed by atoms with Gasteiger partial charge >= 0.3 is 0 Å². The SMILES string of the molecule is Cn1cc(OC2C=CCCN2C2CCC(C=O)C2)c2nc(N)ccc21.